The highest BCUT2D eigenvalue weighted by molar-refractivity contribution is 6.03. The Balaban J connectivity index is 0.00000220. The lowest BCUT2D eigenvalue weighted by Crippen LogP contribution is -2.39. The average Bonchev–Trinajstić information content (AvgIpc) is 2.86. The Morgan fingerprint density at radius 3 is 2.81 bits per heavy atom. The van der Waals surface area contributed by atoms with Crippen LogP contribution in [0.5, 0.6) is 0 Å². The molecule has 2 amide bonds. The van der Waals surface area contributed by atoms with Crippen LogP contribution in [0.2, 0.25) is 0 Å². The summed E-state index contributed by atoms with van der Waals surface area (Å²) in [5.74, 6) is -0.251. The molecule has 0 radical (unpaired) electrons. The van der Waals surface area contributed by atoms with Gasteiger partial charge in [0.25, 0.3) is 0 Å². The third-order valence-electron chi connectivity index (χ3n) is 3.21. The fourth-order valence-electron chi connectivity index (χ4n) is 2.20. The Morgan fingerprint density at radius 2 is 2.19 bits per heavy atom. The highest BCUT2D eigenvalue weighted by Gasteiger charge is 2.24. The van der Waals surface area contributed by atoms with Crippen molar-refractivity contribution in [3.8, 4) is 0 Å². The summed E-state index contributed by atoms with van der Waals surface area (Å²) in [6, 6.07) is 6.49. The summed E-state index contributed by atoms with van der Waals surface area (Å²) in [6.45, 7) is 0.826. The van der Waals surface area contributed by atoms with Crippen molar-refractivity contribution in [3.63, 3.8) is 0 Å². The van der Waals surface area contributed by atoms with E-state index < -0.39 is 6.04 Å². The molecule has 21 heavy (non-hydrogen) atoms. The molecule has 1 atom stereocenters. The second-order valence-electron chi connectivity index (χ2n) is 4.72. The average molecular weight is 314 g/mol. The minimum atomic E-state index is -0.734. The van der Waals surface area contributed by atoms with Crippen LogP contribution in [-0.4, -0.2) is 38.1 Å². The first-order chi connectivity index (χ1) is 9.63. The zero-order valence-corrected chi connectivity index (χ0v) is 12.7. The van der Waals surface area contributed by atoms with Crippen LogP contribution in [0.15, 0.2) is 24.3 Å². The zero-order chi connectivity index (χ0) is 14.5. The van der Waals surface area contributed by atoms with E-state index in [9.17, 15) is 9.59 Å². The molecular weight excluding hydrogens is 294 g/mol. The van der Waals surface area contributed by atoms with Gasteiger partial charge in [0.2, 0.25) is 11.8 Å². The maximum atomic E-state index is 11.9. The Hall–Kier alpha value is -1.63. The van der Waals surface area contributed by atoms with Crippen molar-refractivity contribution in [1.29, 1.82) is 0 Å². The number of methoxy groups -OCH3 is 1. The van der Waals surface area contributed by atoms with Crippen molar-refractivity contribution in [1.82, 2.24) is 0 Å². The van der Waals surface area contributed by atoms with Crippen molar-refractivity contribution >= 4 is 35.6 Å². The third-order valence-corrected chi connectivity index (χ3v) is 3.21. The van der Waals surface area contributed by atoms with Crippen molar-refractivity contribution in [2.45, 2.75) is 18.9 Å². The molecule has 0 bridgehead atoms. The summed E-state index contributed by atoms with van der Waals surface area (Å²) in [6.07, 6.45) is 1.38. The van der Waals surface area contributed by atoms with Gasteiger partial charge in [-0.1, -0.05) is 12.1 Å². The predicted molar refractivity (Wildman–Crippen MR) is 83.8 cm³/mol. The van der Waals surface area contributed by atoms with Crippen LogP contribution in [0, 0.1) is 0 Å². The summed E-state index contributed by atoms with van der Waals surface area (Å²) in [7, 11) is 1.49. The molecule has 0 aromatic heterocycles. The number of benzene rings is 1. The molecule has 1 saturated heterocycles. The van der Waals surface area contributed by atoms with Gasteiger partial charge in [0.1, 0.15) is 6.04 Å². The van der Waals surface area contributed by atoms with E-state index in [1.54, 1.807) is 11.0 Å². The highest BCUT2D eigenvalue weighted by Crippen LogP contribution is 2.29. The summed E-state index contributed by atoms with van der Waals surface area (Å²) in [5.41, 5.74) is 7.00. The van der Waals surface area contributed by atoms with Crippen LogP contribution in [0.3, 0.4) is 0 Å². The Morgan fingerprint density at radius 1 is 1.48 bits per heavy atom. The monoisotopic (exact) mass is 313 g/mol. The normalized spacial score (nSPS) is 15.5. The number of nitrogens with one attached hydrogen (secondary N) is 1. The number of anilines is 2. The van der Waals surface area contributed by atoms with E-state index in [1.165, 1.54) is 7.11 Å². The standard InChI is InChI=1S/C14H19N3O3.ClH/c1-20-9-10(15)14(19)16-11-5-2-3-6-12(11)17-8-4-7-13(17)18;/h2-3,5-6,10H,4,7-9,15H2,1H3,(H,16,19);1H. The number of para-hydroxylation sites is 2. The zero-order valence-electron chi connectivity index (χ0n) is 11.9. The molecule has 116 valence electrons. The van der Waals surface area contributed by atoms with Crippen LogP contribution < -0.4 is 16.0 Å². The molecule has 2 rings (SSSR count). The maximum Gasteiger partial charge on any atom is 0.243 e. The van der Waals surface area contributed by atoms with Crippen LogP contribution in [0.25, 0.3) is 0 Å². The van der Waals surface area contributed by atoms with E-state index in [4.69, 9.17) is 10.5 Å². The quantitative estimate of drug-likeness (QED) is 0.854. The minimum absolute atomic E-state index is 0. The number of nitrogens with two attached hydrogens (primary N) is 1. The lowest BCUT2D eigenvalue weighted by molar-refractivity contribution is -0.118. The van der Waals surface area contributed by atoms with Crippen LogP contribution in [0.1, 0.15) is 12.8 Å². The van der Waals surface area contributed by atoms with Crippen LogP contribution in [-0.2, 0) is 14.3 Å². The van der Waals surface area contributed by atoms with Crippen molar-refractivity contribution in [2.75, 3.05) is 30.5 Å². The molecular formula is C14H20ClN3O3. The van der Waals surface area contributed by atoms with Gasteiger partial charge in [-0.15, -0.1) is 12.4 Å². The molecule has 1 heterocycles. The number of carbonyl (C=O) groups is 2. The number of hydrogen-bond acceptors (Lipinski definition) is 4. The van der Waals surface area contributed by atoms with E-state index in [1.807, 2.05) is 18.2 Å². The van der Waals surface area contributed by atoms with Gasteiger partial charge >= 0.3 is 0 Å². The Bertz CT molecular complexity index is 510. The van der Waals surface area contributed by atoms with E-state index in [2.05, 4.69) is 5.32 Å². The molecule has 0 spiro atoms. The number of rotatable bonds is 5. The molecule has 1 aromatic carbocycles. The van der Waals surface area contributed by atoms with Crippen molar-refractivity contribution in [2.24, 2.45) is 5.73 Å². The number of halogens is 1. The number of amides is 2. The number of nitrogens with zero attached hydrogens (tertiary/aromatic N) is 1. The number of carbonyl (C=O) groups excluding carboxylic acids is 2. The van der Waals surface area contributed by atoms with Gasteiger partial charge in [0, 0.05) is 20.1 Å². The summed E-state index contributed by atoms with van der Waals surface area (Å²) < 4.78 is 4.86. The second kappa shape index (κ2) is 7.97. The first kappa shape index (κ1) is 17.4. The van der Waals surface area contributed by atoms with Gasteiger partial charge in [-0.3, -0.25) is 9.59 Å². The molecule has 1 aromatic rings. The topological polar surface area (TPSA) is 84.7 Å². The fourth-order valence-corrected chi connectivity index (χ4v) is 2.20. The summed E-state index contributed by atoms with van der Waals surface area (Å²) in [4.78, 5) is 25.4. The van der Waals surface area contributed by atoms with Crippen LogP contribution >= 0.6 is 12.4 Å². The molecule has 0 aliphatic carbocycles. The minimum Gasteiger partial charge on any atom is -0.383 e. The third kappa shape index (κ3) is 4.17. The lowest BCUT2D eigenvalue weighted by atomic mass is 10.2. The van der Waals surface area contributed by atoms with Crippen LogP contribution in [0.4, 0.5) is 11.4 Å². The molecule has 0 saturated carbocycles. The van der Waals surface area contributed by atoms with Gasteiger partial charge in [-0.2, -0.15) is 0 Å². The van der Waals surface area contributed by atoms with E-state index >= 15 is 0 Å². The Labute approximate surface area is 130 Å². The molecule has 3 N–H and O–H groups in total. The first-order valence-corrected chi connectivity index (χ1v) is 6.58. The molecule has 1 aliphatic heterocycles. The maximum absolute atomic E-state index is 11.9. The molecule has 1 fully saturated rings. The second-order valence-corrected chi connectivity index (χ2v) is 4.72. The van der Waals surface area contributed by atoms with E-state index in [0.29, 0.717) is 24.3 Å². The van der Waals surface area contributed by atoms with Gasteiger partial charge in [-0.25, -0.2) is 0 Å². The first-order valence-electron chi connectivity index (χ1n) is 6.58. The summed E-state index contributed by atoms with van der Waals surface area (Å²) in [5, 5.41) is 2.75. The SMILES string of the molecule is COCC(N)C(=O)Nc1ccccc1N1CCCC1=O.Cl. The van der Waals surface area contributed by atoms with Gasteiger partial charge in [-0.05, 0) is 18.6 Å². The molecule has 6 nitrogen and oxygen atoms in total. The van der Waals surface area contributed by atoms with Gasteiger partial charge in [0.15, 0.2) is 0 Å². The smallest absolute Gasteiger partial charge is 0.243 e. The van der Waals surface area contributed by atoms with Gasteiger partial charge < -0.3 is 20.7 Å². The lowest BCUT2D eigenvalue weighted by Gasteiger charge is -2.20. The highest BCUT2D eigenvalue weighted by atomic mass is 35.5. The number of hydrogen-bond donors (Lipinski definition) is 2. The largest absolute Gasteiger partial charge is 0.383 e. The predicted octanol–water partition coefficient (Wildman–Crippen LogP) is 1.15. The van der Waals surface area contributed by atoms with Crippen molar-refractivity contribution < 1.29 is 14.3 Å². The number of ether oxygens (including phenoxy) is 1. The van der Waals surface area contributed by atoms with Crippen molar-refractivity contribution in [3.05, 3.63) is 24.3 Å². The van der Waals surface area contributed by atoms with E-state index in [-0.39, 0.29) is 30.8 Å². The Kier molecular flexibility index (Phi) is 6.61. The molecule has 1 aliphatic rings. The summed E-state index contributed by atoms with van der Waals surface area (Å²) >= 11 is 0. The fraction of sp³-hybridized carbons (Fsp3) is 0.429. The van der Waals surface area contributed by atoms with Gasteiger partial charge in [0.05, 0.1) is 18.0 Å². The molecule has 7 heteroatoms. The molecule has 1 unspecified atom stereocenters. The van der Waals surface area contributed by atoms with E-state index in [0.717, 1.165) is 6.42 Å².